The van der Waals surface area contributed by atoms with E-state index in [1.807, 2.05) is 48.5 Å². The van der Waals surface area contributed by atoms with Gasteiger partial charge in [0, 0.05) is 54.2 Å². The van der Waals surface area contributed by atoms with Crippen LogP contribution in [0.3, 0.4) is 0 Å². The second-order valence-electron chi connectivity index (χ2n) is 12.2. The van der Waals surface area contributed by atoms with Crippen LogP contribution in [0.5, 0.6) is 0 Å². The summed E-state index contributed by atoms with van der Waals surface area (Å²) >= 11 is 12.9. The molecule has 0 saturated carbocycles. The van der Waals surface area contributed by atoms with Gasteiger partial charge in [-0.3, -0.25) is 4.57 Å². The molecular formula is C42H24Cl2N4. The van der Waals surface area contributed by atoms with Crippen molar-refractivity contribution in [2.24, 2.45) is 0 Å². The predicted octanol–water partition coefficient (Wildman–Crippen LogP) is 11.9. The monoisotopic (exact) mass is 654 g/mol. The van der Waals surface area contributed by atoms with Gasteiger partial charge < -0.3 is 4.40 Å². The third-order valence-corrected chi connectivity index (χ3v) is 9.85. The molecule has 0 fully saturated rings. The molecule has 4 heterocycles. The van der Waals surface area contributed by atoms with Crippen LogP contribution in [0.25, 0.3) is 88.4 Å². The van der Waals surface area contributed by atoms with Crippen molar-refractivity contribution >= 4 is 83.1 Å². The van der Waals surface area contributed by atoms with Crippen molar-refractivity contribution in [2.45, 2.75) is 0 Å². The SMILES string of the molecule is Clc1cccc(-c2cc(-n3c4ccccc4c4cc5cc6c7ccccc7c7ccccc7n6c5cc43)nc(-c3cccc(Cl)c3)n2)c1. The van der Waals surface area contributed by atoms with Crippen LogP contribution < -0.4 is 0 Å². The third-order valence-electron chi connectivity index (χ3n) is 9.38. The minimum Gasteiger partial charge on any atom is -0.309 e. The van der Waals surface area contributed by atoms with E-state index in [-0.39, 0.29) is 0 Å². The molecule has 10 rings (SSSR count). The van der Waals surface area contributed by atoms with Crippen molar-refractivity contribution in [3.8, 4) is 28.5 Å². The summed E-state index contributed by atoms with van der Waals surface area (Å²) in [6.07, 6.45) is 0. The maximum atomic E-state index is 6.47. The topological polar surface area (TPSA) is 35.1 Å². The second kappa shape index (κ2) is 10.4. The third kappa shape index (κ3) is 4.10. The summed E-state index contributed by atoms with van der Waals surface area (Å²) in [5.41, 5.74) is 8.16. The van der Waals surface area contributed by atoms with Gasteiger partial charge in [0.25, 0.3) is 0 Å². The van der Waals surface area contributed by atoms with E-state index in [1.165, 1.54) is 32.6 Å². The molecular weight excluding hydrogens is 631 g/mol. The van der Waals surface area contributed by atoms with Gasteiger partial charge in [0.05, 0.1) is 33.3 Å². The van der Waals surface area contributed by atoms with E-state index in [9.17, 15) is 0 Å². The number of pyridine rings is 1. The van der Waals surface area contributed by atoms with E-state index < -0.39 is 0 Å². The molecule has 4 nitrogen and oxygen atoms in total. The van der Waals surface area contributed by atoms with Gasteiger partial charge in [-0.25, -0.2) is 9.97 Å². The number of hydrogen-bond acceptors (Lipinski definition) is 2. The fourth-order valence-electron chi connectivity index (χ4n) is 7.32. The zero-order valence-electron chi connectivity index (χ0n) is 25.4. The number of para-hydroxylation sites is 2. The number of fused-ring (bicyclic) bond motifs is 11. The molecule has 0 unspecified atom stereocenters. The summed E-state index contributed by atoms with van der Waals surface area (Å²) in [7, 11) is 0. The van der Waals surface area contributed by atoms with Crippen LogP contribution in [0.15, 0.2) is 146 Å². The molecule has 0 radical (unpaired) electrons. The van der Waals surface area contributed by atoms with Gasteiger partial charge in [0.1, 0.15) is 5.82 Å². The normalized spacial score (nSPS) is 12.0. The van der Waals surface area contributed by atoms with Crippen LogP contribution in [-0.2, 0) is 0 Å². The quantitative estimate of drug-likeness (QED) is 0.178. The Kier molecular flexibility index (Phi) is 5.95. The van der Waals surface area contributed by atoms with Crippen LogP contribution in [0.1, 0.15) is 0 Å². The summed E-state index contributed by atoms with van der Waals surface area (Å²) in [6.45, 7) is 0. The van der Waals surface area contributed by atoms with Crippen molar-refractivity contribution in [3.05, 3.63) is 156 Å². The Morgan fingerprint density at radius 3 is 1.79 bits per heavy atom. The molecule has 0 atom stereocenters. The molecule has 4 aromatic heterocycles. The highest BCUT2D eigenvalue weighted by Crippen LogP contribution is 2.39. The first kappa shape index (κ1) is 27.4. The average Bonchev–Trinajstić information content (AvgIpc) is 3.66. The summed E-state index contributed by atoms with van der Waals surface area (Å²) in [6, 6.07) is 50.4. The maximum Gasteiger partial charge on any atom is 0.162 e. The first-order chi connectivity index (χ1) is 23.6. The zero-order chi connectivity index (χ0) is 31.9. The van der Waals surface area contributed by atoms with Crippen molar-refractivity contribution in [1.82, 2.24) is 18.9 Å². The molecule has 226 valence electrons. The van der Waals surface area contributed by atoms with Gasteiger partial charge in [-0.2, -0.15) is 0 Å². The van der Waals surface area contributed by atoms with E-state index in [0.717, 1.165) is 50.0 Å². The minimum atomic E-state index is 0.586. The summed E-state index contributed by atoms with van der Waals surface area (Å²) in [5.74, 6) is 1.35. The lowest BCUT2D eigenvalue weighted by molar-refractivity contribution is 1.05. The fourth-order valence-corrected chi connectivity index (χ4v) is 7.70. The Morgan fingerprint density at radius 2 is 1.04 bits per heavy atom. The predicted molar refractivity (Wildman–Crippen MR) is 201 cm³/mol. The highest BCUT2D eigenvalue weighted by atomic mass is 35.5. The molecule has 0 N–H and O–H groups in total. The van der Waals surface area contributed by atoms with Gasteiger partial charge in [-0.1, -0.05) is 108 Å². The van der Waals surface area contributed by atoms with Gasteiger partial charge in [-0.15, -0.1) is 0 Å². The zero-order valence-corrected chi connectivity index (χ0v) is 26.9. The van der Waals surface area contributed by atoms with Crippen molar-refractivity contribution in [1.29, 1.82) is 0 Å². The van der Waals surface area contributed by atoms with Crippen LogP contribution in [-0.4, -0.2) is 18.9 Å². The van der Waals surface area contributed by atoms with Crippen molar-refractivity contribution in [3.63, 3.8) is 0 Å². The molecule has 10 aromatic rings. The largest absolute Gasteiger partial charge is 0.309 e. The Hall–Kier alpha value is -5.68. The molecule has 6 aromatic carbocycles. The summed E-state index contributed by atoms with van der Waals surface area (Å²) in [5, 5.41) is 8.51. The lowest BCUT2D eigenvalue weighted by atomic mass is 10.1. The number of benzene rings is 6. The number of nitrogens with zero attached hydrogens (tertiary/aromatic N) is 4. The maximum absolute atomic E-state index is 6.47. The van der Waals surface area contributed by atoms with Crippen LogP contribution in [0.4, 0.5) is 0 Å². The van der Waals surface area contributed by atoms with Crippen LogP contribution >= 0.6 is 23.2 Å². The van der Waals surface area contributed by atoms with Gasteiger partial charge >= 0.3 is 0 Å². The first-order valence-electron chi connectivity index (χ1n) is 15.8. The standard InChI is InChI=1S/C42H24Cl2N4/c43-28-11-7-9-25(19-28)35-23-41(46-42(45-35)26-10-8-12-29(44)20-26)48-37-18-6-4-16-33(37)34-21-27-22-39-32-15-2-1-13-30(32)31-14-3-5-17-36(31)47(39)38(27)24-40(34)48/h1-24H. The highest BCUT2D eigenvalue weighted by Gasteiger charge is 2.19. The van der Waals surface area contributed by atoms with E-state index in [2.05, 4.69) is 106 Å². The van der Waals surface area contributed by atoms with E-state index in [0.29, 0.717) is 15.9 Å². The Bertz CT molecular complexity index is 2870. The van der Waals surface area contributed by atoms with E-state index in [4.69, 9.17) is 33.2 Å². The average molecular weight is 656 g/mol. The first-order valence-corrected chi connectivity index (χ1v) is 16.6. The molecule has 0 aliphatic heterocycles. The van der Waals surface area contributed by atoms with Gasteiger partial charge in [-0.05, 0) is 60.0 Å². The Labute approximate surface area is 285 Å². The minimum absolute atomic E-state index is 0.586. The molecule has 0 bridgehead atoms. The Morgan fingerprint density at radius 1 is 0.417 bits per heavy atom. The number of hydrogen-bond donors (Lipinski definition) is 0. The molecule has 0 spiro atoms. The highest BCUT2D eigenvalue weighted by molar-refractivity contribution is 6.31. The molecule has 48 heavy (non-hydrogen) atoms. The number of aromatic nitrogens is 4. The van der Waals surface area contributed by atoms with Crippen molar-refractivity contribution < 1.29 is 0 Å². The molecule has 0 saturated heterocycles. The fraction of sp³-hybridized carbons (Fsp3) is 0. The molecule has 0 amide bonds. The molecule has 0 aliphatic carbocycles. The van der Waals surface area contributed by atoms with Crippen LogP contribution in [0, 0.1) is 0 Å². The summed E-state index contributed by atoms with van der Waals surface area (Å²) in [4.78, 5) is 10.2. The molecule has 6 heteroatoms. The van der Waals surface area contributed by atoms with E-state index >= 15 is 0 Å². The molecule has 0 aliphatic rings. The second-order valence-corrected chi connectivity index (χ2v) is 13.0. The van der Waals surface area contributed by atoms with Gasteiger partial charge in [0.15, 0.2) is 5.82 Å². The van der Waals surface area contributed by atoms with Crippen LogP contribution in [0.2, 0.25) is 10.0 Å². The lowest BCUT2D eigenvalue weighted by Crippen LogP contribution is -2.02. The number of rotatable bonds is 3. The smallest absolute Gasteiger partial charge is 0.162 e. The summed E-state index contributed by atoms with van der Waals surface area (Å²) < 4.78 is 4.67. The number of halogens is 2. The van der Waals surface area contributed by atoms with Crippen molar-refractivity contribution in [2.75, 3.05) is 0 Å². The lowest BCUT2D eigenvalue weighted by Gasteiger charge is -2.13. The van der Waals surface area contributed by atoms with Gasteiger partial charge in [0.2, 0.25) is 0 Å². The Balaban J connectivity index is 1.34. The van der Waals surface area contributed by atoms with E-state index in [1.54, 1.807) is 0 Å².